The molecule has 3 aliphatic rings. The number of likely N-dealkylation sites (N-methyl/N-ethyl adjacent to an activating group) is 3. The van der Waals surface area contributed by atoms with Gasteiger partial charge in [0.05, 0.1) is 42.9 Å². The number of phenolic OH excluding ortho intramolecular Hbond substituents is 1. The predicted molar refractivity (Wildman–Crippen MR) is 485 cm³/mol. The summed E-state index contributed by atoms with van der Waals surface area (Å²) in [6.07, 6.45) is 0.924. The molecule has 23 N–H and O–H groups in total. The van der Waals surface area contributed by atoms with Gasteiger partial charge in [-0.15, -0.1) is 11.8 Å². The number of carbonyl (C=O) groups excluding carboxylic acids is 17. The summed E-state index contributed by atoms with van der Waals surface area (Å²) < 4.78 is 0. The molecule has 3 aromatic heterocycles. The van der Waals surface area contributed by atoms with Crippen LogP contribution >= 0.6 is 11.8 Å². The number of nitrogens with zero attached hydrogens (tertiary/aromatic N) is 6. The Morgan fingerprint density at radius 1 is 0.594 bits per heavy atom. The van der Waals surface area contributed by atoms with Crippen LogP contribution in [0.3, 0.4) is 0 Å². The Morgan fingerprint density at radius 2 is 1.19 bits per heavy atom. The highest BCUT2D eigenvalue weighted by Crippen LogP contribution is 2.30. The second-order valence-electron chi connectivity index (χ2n) is 33.9. The molecular weight excluding hydrogens is 1750 g/mol. The number of para-hydroxylation sites is 2. The number of ketones is 1. The van der Waals surface area contributed by atoms with E-state index >= 15 is 38.4 Å². The number of carbonyl (C=O) groups is 18. The maximum atomic E-state index is 15.8. The summed E-state index contributed by atoms with van der Waals surface area (Å²) in [5, 5.41) is 56.5. The van der Waals surface area contributed by atoms with E-state index in [0.717, 1.165) is 36.3 Å². The number of primary amides is 2. The van der Waals surface area contributed by atoms with E-state index in [1.54, 1.807) is 74.8 Å². The number of rotatable bonds is 24. The van der Waals surface area contributed by atoms with Crippen molar-refractivity contribution in [1.29, 1.82) is 0 Å². The maximum absolute atomic E-state index is 15.8. The molecule has 16 atom stereocenters. The topological polar surface area (TPSA) is 657 Å². The van der Waals surface area contributed by atoms with E-state index in [4.69, 9.17) is 22.9 Å². The van der Waals surface area contributed by atoms with Crippen molar-refractivity contribution in [2.75, 3.05) is 65.4 Å². The number of aromatic nitrogens is 4. The molecule has 0 spiro atoms. The number of benzene rings is 3. The number of Topliss-reactive ketones (excluding diaryl/α,β-unsaturated/α-hetero) is 1. The zero-order valence-electron chi connectivity index (χ0n) is 75.3. The number of hydrogen-bond acceptors (Lipinski definition) is 24. The molecule has 3 fully saturated rings. The summed E-state index contributed by atoms with van der Waals surface area (Å²) in [6, 6.07) is -0.824. The molecular formula is C89H122N22O21S. The zero-order chi connectivity index (χ0) is 97.2. The lowest BCUT2D eigenvalue weighted by Gasteiger charge is -2.38. The average Bonchev–Trinajstić information content (AvgIpc) is 1.69. The fourth-order valence-corrected chi connectivity index (χ4v) is 17.5. The summed E-state index contributed by atoms with van der Waals surface area (Å²) in [7, 11) is 3.90. The number of H-pyrrole nitrogens is 3. The standard InChI is InChI=1S/C89H122N22O21S/c1-8-10-20-69-89(132)109(7)76(47(3)9-2)84(127)105-66(38-91)82(125)106-67(79(122)97-42-73(93)116)44-133-45-74(117)99-63(31-49-22-24-54(112)25-23-49)85(128)107(5)48(4)77(120)103-65(37-72(92)115)88(131)110-30-15-21-68(110)83(126)102-62(35-53-41-94-46-98-53)81(124)101-61(26-27-75(118)119)87(130)111-43-55(113)36-70(111)71(114)34-50(32-51-39-95-58-18-13-11-16-56(51)58)78(121)100-60(28-29-90)80(123)104-64(86(129)108(69)6)33-52-40-96-59-19-14-12-17-57(52)59/h11-14,16-19,22-25,39-41,46-48,50,55,60-70,76,95-96,112-113H,8-10,15,20-21,26-38,42-45,90-91H2,1-7H3,(H2,92,115)(H2,93,116)(H,94,98)(H,97,122)(H,99,117)(H,100,121)(H,101,124)(H,102,126)(H,103,120)(H,104,123)(H,105,127)(H,106,125)(H,118,119)/t47?,48-,50+,55+,60-,61-,62-,63-,64-,65-,66-,67-,68-,69-,70-,76-/m0/s1. The van der Waals surface area contributed by atoms with Crippen LogP contribution in [0.4, 0.5) is 0 Å². The first-order valence-corrected chi connectivity index (χ1v) is 45.4. The smallest absolute Gasteiger partial charge is 0.303 e. The molecule has 43 nitrogen and oxygen atoms in total. The molecule has 3 aromatic carbocycles. The van der Waals surface area contributed by atoms with Gasteiger partial charge in [0, 0.05) is 131 Å². The van der Waals surface area contributed by atoms with E-state index in [2.05, 4.69) is 67.8 Å². The number of imidazole rings is 1. The Labute approximate surface area is 771 Å². The number of nitrogens with one attached hydrogen (secondary N) is 12. The van der Waals surface area contributed by atoms with E-state index in [9.17, 15) is 63.3 Å². The van der Waals surface area contributed by atoms with E-state index in [0.29, 0.717) is 51.3 Å². The minimum atomic E-state index is -1.82. The van der Waals surface area contributed by atoms with Crippen molar-refractivity contribution in [3.8, 4) is 5.75 Å². The molecule has 1 unspecified atom stereocenters. The Hall–Kier alpha value is -13.4. The molecule has 9 rings (SSSR count). The largest absolute Gasteiger partial charge is 0.508 e. The number of carboxylic acids is 1. The van der Waals surface area contributed by atoms with Gasteiger partial charge in [0.15, 0.2) is 5.78 Å². The number of aromatic amines is 3. The first-order chi connectivity index (χ1) is 63.3. The summed E-state index contributed by atoms with van der Waals surface area (Å²) in [4.78, 5) is 281. The second-order valence-corrected chi connectivity index (χ2v) is 34.9. The molecule has 720 valence electrons. The Morgan fingerprint density at radius 3 is 1.80 bits per heavy atom. The van der Waals surface area contributed by atoms with Crippen molar-refractivity contribution >= 4 is 140 Å². The minimum Gasteiger partial charge on any atom is -0.508 e. The lowest BCUT2D eigenvalue weighted by atomic mass is 9.90. The van der Waals surface area contributed by atoms with Gasteiger partial charge in [-0.05, 0) is 98.9 Å². The van der Waals surface area contributed by atoms with E-state index < -0.39 is 272 Å². The third kappa shape index (κ3) is 27.9. The SMILES string of the molecule is CCCC[C@H]1C(=O)N(C)[C@@H](C(C)CC)C(=O)N[C@@H](CN)C(=O)N[C@H](C(=O)NCC(N)=O)CSCC(=O)N[C@@H](Cc2ccc(O)cc2)C(=O)N(C)[C@@H](C)C(=O)N[C@@H](CC(N)=O)C(=O)N2CCC[C@H]2C(=O)N[C@@H](Cc2c[nH]cn2)C(=O)N[C@@H](CCC(=O)O)C(=O)N2C[C@H](O)C[C@H]2C(=O)C[C@@H](Cc2c[nH]c3ccccc23)C(=O)N[C@@H](CCN)C(=O)N[C@@H](Cc2c[nH]c3ccccc23)C(=O)N1C. The number of amides is 16. The monoisotopic (exact) mass is 1870 g/mol. The van der Waals surface area contributed by atoms with Crippen LogP contribution in [-0.4, -0.2) is 316 Å². The van der Waals surface area contributed by atoms with Crippen molar-refractivity contribution in [2.45, 2.75) is 215 Å². The first kappa shape index (κ1) is 103. The molecule has 133 heavy (non-hydrogen) atoms. The lowest BCUT2D eigenvalue weighted by Crippen LogP contribution is -2.62. The van der Waals surface area contributed by atoms with Crippen molar-refractivity contribution < 1.29 is 102 Å². The van der Waals surface area contributed by atoms with Crippen LogP contribution in [0, 0.1) is 11.8 Å². The molecule has 6 heterocycles. The number of thioether (sulfide) groups is 1. The van der Waals surface area contributed by atoms with Gasteiger partial charge in [-0.25, -0.2) is 4.98 Å². The van der Waals surface area contributed by atoms with Crippen molar-refractivity contribution in [1.82, 2.24) is 92.3 Å². The number of aliphatic carboxylic acids is 1. The van der Waals surface area contributed by atoms with Gasteiger partial charge in [0.25, 0.3) is 0 Å². The minimum absolute atomic E-state index is 0.00333. The van der Waals surface area contributed by atoms with Crippen molar-refractivity contribution in [2.24, 2.45) is 34.8 Å². The number of aromatic hydroxyl groups is 1. The number of phenols is 1. The molecule has 16 amide bonds. The average molecular weight is 1870 g/mol. The molecule has 6 aromatic rings. The lowest BCUT2D eigenvalue weighted by molar-refractivity contribution is -0.150. The van der Waals surface area contributed by atoms with Crippen LogP contribution < -0.4 is 70.8 Å². The third-order valence-corrected chi connectivity index (χ3v) is 25.4. The summed E-state index contributed by atoms with van der Waals surface area (Å²) in [5.41, 5.74) is 26.5. The highest BCUT2D eigenvalue weighted by Gasteiger charge is 2.47. The van der Waals surface area contributed by atoms with Gasteiger partial charge in [-0.2, -0.15) is 0 Å². The number of nitrogens with two attached hydrogens (primary N) is 4. The van der Waals surface area contributed by atoms with Gasteiger partial charge in [0.2, 0.25) is 94.5 Å². The van der Waals surface area contributed by atoms with Crippen LogP contribution in [0.25, 0.3) is 21.8 Å². The quantitative estimate of drug-likeness (QED) is 0.0285. The van der Waals surface area contributed by atoms with Gasteiger partial charge in [0.1, 0.15) is 78.3 Å². The molecule has 0 aliphatic carbocycles. The van der Waals surface area contributed by atoms with Crippen LogP contribution in [0.2, 0.25) is 0 Å². The van der Waals surface area contributed by atoms with Crippen LogP contribution in [0.1, 0.15) is 127 Å². The number of fused-ring (bicyclic) bond motifs is 4. The maximum Gasteiger partial charge on any atom is 0.303 e. The van der Waals surface area contributed by atoms with Gasteiger partial charge in [-0.1, -0.05) is 88.6 Å². The number of carboxylic acid groups (broad SMARTS) is 1. The summed E-state index contributed by atoms with van der Waals surface area (Å²) in [5.74, 6) is -20.8. The Balaban J connectivity index is 1.10. The Kier molecular flexibility index (Phi) is 37.8. The van der Waals surface area contributed by atoms with Crippen molar-refractivity contribution in [3.05, 3.63) is 120 Å². The predicted octanol–water partition coefficient (Wildman–Crippen LogP) is -3.11. The highest BCUT2D eigenvalue weighted by molar-refractivity contribution is 8.00. The van der Waals surface area contributed by atoms with Crippen LogP contribution in [-0.2, 0) is 112 Å². The van der Waals surface area contributed by atoms with Gasteiger partial charge < -0.3 is 126 Å². The van der Waals surface area contributed by atoms with E-state index in [-0.39, 0.29) is 75.9 Å². The molecule has 3 aliphatic heterocycles. The molecule has 0 bridgehead atoms. The van der Waals surface area contributed by atoms with E-state index in [1.165, 1.54) is 64.9 Å². The van der Waals surface area contributed by atoms with Gasteiger partial charge in [-0.3, -0.25) is 86.3 Å². The molecule has 0 saturated carbocycles. The third-order valence-electron chi connectivity index (χ3n) is 24.3. The number of aliphatic hydroxyl groups excluding tert-OH is 1. The van der Waals surface area contributed by atoms with Gasteiger partial charge >= 0.3 is 5.97 Å². The summed E-state index contributed by atoms with van der Waals surface area (Å²) >= 11 is 0.750. The molecule has 0 radical (unpaired) electrons. The zero-order valence-corrected chi connectivity index (χ0v) is 76.1. The van der Waals surface area contributed by atoms with Crippen LogP contribution in [0.15, 0.2) is 97.7 Å². The van der Waals surface area contributed by atoms with Crippen LogP contribution in [0.5, 0.6) is 5.75 Å². The van der Waals surface area contributed by atoms with Crippen molar-refractivity contribution in [3.63, 3.8) is 0 Å². The second kappa shape index (κ2) is 48.7. The molecule has 3 saturated heterocycles. The summed E-state index contributed by atoms with van der Waals surface area (Å²) in [6.45, 7) is 4.22. The fourth-order valence-electron chi connectivity index (χ4n) is 16.7. The number of hydrogen-bond donors (Lipinski definition) is 19. The Bertz CT molecular complexity index is 5190. The number of unbranched alkanes of at least 4 members (excludes halogenated alkanes) is 1. The van der Waals surface area contributed by atoms with E-state index in [1.807, 2.05) is 6.92 Å². The first-order valence-electron chi connectivity index (χ1n) is 44.3. The highest BCUT2D eigenvalue weighted by atomic mass is 32.2. The molecule has 44 heteroatoms. The number of aliphatic hydroxyl groups is 1. The fraction of sp³-hybridized carbons (Fsp3) is 0.517. The normalized spacial score (nSPS) is 25.2.